The molecule has 0 aliphatic carbocycles. The summed E-state index contributed by atoms with van der Waals surface area (Å²) in [5, 5.41) is 7.18. The molecule has 17 heavy (non-hydrogen) atoms. The molecule has 90 valence electrons. The predicted octanol–water partition coefficient (Wildman–Crippen LogP) is 2.08. The number of hydrogen-bond donors (Lipinski definition) is 1. The maximum absolute atomic E-state index is 11.8. The van der Waals surface area contributed by atoms with E-state index in [4.69, 9.17) is 4.74 Å². The molecule has 2 aromatic rings. The van der Waals surface area contributed by atoms with E-state index in [2.05, 4.69) is 5.10 Å². The zero-order valence-corrected chi connectivity index (χ0v) is 10.2. The number of H-pyrrole nitrogens is 1. The average molecular weight is 250 g/mol. The van der Waals surface area contributed by atoms with Gasteiger partial charge >= 0.3 is 0 Å². The molecule has 4 nitrogen and oxygen atoms in total. The number of ether oxygens (including phenoxy) is 1. The van der Waals surface area contributed by atoms with Gasteiger partial charge in [-0.25, -0.2) is 0 Å². The van der Waals surface area contributed by atoms with Gasteiger partial charge in [0.25, 0.3) is 5.56 Å². The smallest absolute Gasteiger partial charge is 0.267 e. The lowest BCUT2D eigenvalue weighted by molar-refractivity contribution is 0.0932. The Morgan fingerprint density at radius 2 is 2.53 bits per heavy atom. The summed E-state index contributed by atoms with van der Waals surface area (Å²) in [5.74, 6) is 0. The van der Waals surface area contributed by atoms with Gasteiger partial charge in [-0.3, -0.25) is 14.6 Å². The van der Waals surface area contributed by atoms with Crippen molar-refractivity contribution in [1.82, 2.24) is 9.78 Å². The zero-order valence-electron chi connectivity index (χ0n) is 9.39. The Balaban J connectivity index is 1.83. The largest absolute Gasteiger partial charge is 0.376 e. The summed E-state index contributed by atoms with van der Waals surface area (Å²) in [5.41, 5.74) is 1.97. The van der Waals surface area contributed by atoms with Crippen molar-refractivity contribution < 1.29 is 4.74 Å². The summed E-state index contributed by atoms with van der Waals surface area (Å²) in [6.07, 6.45) is 2.32. The normalized spacial score (nSPS) is 19.9. The van der Waals surface area contributed by atoms with E-state index in [0.717, 1.165) is 30.7 Å². The van der Waals surface area contributed by atoms with Crippen LogP contribution in [0, 0.1) is 0 Å². The Morgan fingerprint density at radius 3 is 3.24 bits per heavy atom. The molecule has 1 aliphatic rings. The number of nitrogens with one attached hydrogen (secondary N) is 1. The van der Waals surface area contributed by atoms with E-state index in [9.17, 15) is 4.79 Å². The monoisotopic (exact) mass is 250 g/mol. The molecule has 5 heteroatoms. The fraction of sp³-hybridized carbons (Fsp3) is 0.417. The summed E-state index contributed by atoms with van der Waals surface area (Å²) < 4.78 is 7.18. The van der Waals surface area contributed by atoms with E-state index < -0.39 is 0 Å². The Hall–Kier alpha value is -1.33. The van der Waals surface area contributed by atoms with Crippen molar-refractivity contribution in [2.45, 2.75) is 25.5 Å². The molecule has 1 atom stereocenters. The molecule has 0 bridgehead atoms. The highest BCUT2D eigenvalue weighted by Gasteiger charge is 2.17. The third-order valence-corrected chi connectivity index (χ3v) is 3.71. The van der Waals surface area contributed by atoms with E-state index in [1.54, 1.807) is 22.1 Å². The molecule has 1 fully saturated rings. The number of rotatable bonds is 3. The lowest BCUT2D eigenvalue weighted by atomic mass is 10.2. The molecule has 0 radical (unpaired) electrons. The van der Waals surface area contributed by atoms with Crippen molar-refractivity contribution in [2.24, 2.45) is 0 Å². The lowest BCUT2D eigenvalue weighted by Crippen LogP contribution is -2.24. The third-order valence-electron chi connectivity index (χ3n) is 3.03. The predicted molar refractivity (Wildman–Crippen MR) is 67.3 cm³/mol. The number of aromatic nitrogens is 2. The highest BCUT2D eigenvalue weighted by atomic mass is 32.1. The topological polar surface area (TPSA) is 47.0 Å². The molecule has 1 aliphatic heterocycles. The number of aromatic amines is 1. The first-order chi connectivity index (χ1) is 8.33. The van der Waals surface area contributed by atoms with Crippen LogP contribution in [-0.2, 0) is 11.3 Å². The van der Waals surface area contributed by atoms with Gasteiger partial charge in [0.15, 0.2) is 0 Å². The second-order valence-electron chi connectivity index (χ2n) is 4.27. The SMILES string of the molecule is O=c1cc(-c2ccsc2)[nH]n1C[C@H]1CCCO1. The van der Waals surface area contributed by atoms with Crippen LogP contribution >= 0.6 is 11.3 Å². The van der Waals surface area contributed by atoms with Crippen LogP contribution in [0.2, 0.25) is 0 Å². The molecule has 2 aromatic heterocycles. The van der Waals surface area contributed by atoms with Crippen LogP contribution in [0.15, 0.2) is 27.7 Å². The van der Waals surface area contributed by atoms with Gasteiger partial charge in [0.2, 0.25) is 0 Å². The molecule has 3 rings (SSSR count). The Kier molecular flexibility index (Phi) is 2.86. The second-order valence-corrected chi connectivity index (χ2v) is 5.05. The summed E-state index contributed by atoms with van der Waals surface area (Å²) >= 11 is 1.63. The van der Waals surface area contributed by atoms with Crippen LogP contribution in [0.5, 0.6) is 0 Å². The van der Waals surface area contributed by atoms with Crippen LogP contribution in [0.4, 0.5) is 0 Å². The molecule has 0 spiro atoms. The number of thiophene rings is 1. The Bertz CT molecular complexity index is 535. The van der Waals surface area contributed by atoms with Gasteiger partial charge in [0.05, 0.1) is 18.3 Å². The molecule has 0 unspecified atom stereocenters. The van der Waals surface area contributed by atoms with Gasteiger partial charge in [-0.05, 0) is 24.3 Å². The number of hydrogen-bond acceptors (Lipinski definition) is 3. The van der Waals surface area contributed by atoms with Gasteiger partial charge in [-0.2, -0.15) is 11.3 Å². The Morgan fingerprint density at radius 1 is 1.59 bits per heavy atom. The van der Waals surface area contributed by atoms with E-state index in [1.807, 2.05) is 16.8 Å². The molecule has 0 saturated carbocycles. The van der Waals surface area contributed by atoms with Crippen molar-refractivity contribution in [2.75, 3.05) is 6.61 Å². The first-order valence-corrected chi connectivity index (χ1v) is 6.71. The number of nitrogens with zero attached hydrogens (tertiary/aromatic N) is 1. The summed E-state index contributed by atoms with van der Waals surface area (Å²) in [4.78, 5) is 11.8. The Labute approximate surface area is 103 Å². The molecular weight excluding hydrogens is 236 g/mol. The van der Waals surface area contributed by atoms with Crippen molar-refractivity contribution >= 4 is 11.3 Å². The van der Waals surface area contributed by atoms with Gasteiger partial charge in [0.1, 0.15) is 0 Å². The maximum atomic E-state index is 11.8. The fourth-order valence-corrected chi connectivity index (χ4v) is 2.78. The maximum Gasteiger partial charge on any atom is 0.267 e. The molecule has 1 saturated heterocycles. The molecule has 3 heterocycles. The van der Waals surface area contributed by atoms with Crippen molar-refractivity contribution in [1.29, 1.82) is 0 Å². The minimum Gasteiger partial charge on any atom is -0.376 e. The molecule has 1 N–H and O–H groups in total. The van der Waals surface area contributed by atoms with Gasteiger partial charge < -0.3 is 4.74 Å². The first-order valence-electron chi connectivity index (χ1n) is 5.77. The quantitative estimate of drug-likeness (QED) is 0.906. The molecule has 0 aromatic carbocycles. The second kappa shape index (κ2) is 4.50. The van der Waals surface area contributed by atoms with Crippen LogP contribution in [0.3, 0.4) is 0 Å². The van der Waals surface area contributed by atoms with Crippen LogP contribution in [0.25, 0.3) is 11.3 Å². The van der Waals surface area contributed by atoms with Crippen LogP contribution < -0.4 is 5.56 Å². The van der Waals surface area contributed by atoms with E-state index in [1.165, 1.54) is 0 Å². The highest BCUT2D eigenvalue weighted by molar-refractivity contribution is 7.08. The van der Waals surface area contributed by atoms with E-state index in [0.29, 0.717) is 6.54 Å². The van der Waals surface area contributed by atoms with E-state index in [-0.39, 0.29) is 11.7 Å². The van der Waals surface area contributed by atoms with Crippen molar-refractivity contribution in [3.05, 3.63) is 33.2 Å². The van der Waals surface area contributed by atoms with E-state index >= 15 is 0 Å². The summed E-state index contributed by atoms with van der Waals surface area (Å²) in [6, 6.07) is 3.66. The minimum absolute atomic E-state index is 0.0155. The fourth-order valence-electron chi connectivity index (χ4n) is 2.13. The summed E-state index contributed by atoms with van der Waals surface area (Å²) in [7, 11) is 0. The lowest BCUT2D eigenvalue weighted by Gasteiger charge is -2.08. The van der Waals surface area contributed by atoms with Crippen LogP contribution in [0.1, 0.15) is 12.8 Å². The van der Waals surface area contributed by atoms with Gasteiger partial charge in [-0.15, -0.1) is 0 Å². The highest BCUT2D eigenvalue weighted by Crippen LogP contribution is 2.19. The first kappa shape index (κ1) is 10.8. The van der Waals surface area contributed by atoms with Gasteiger partial charge in [-0.1, -0.05) is 0 Å². The zero-order chi connectivity index (χ0) is 11.7. The molecular formula is C12H14N2O2S. The minimum atomic E-state index is 0.0155. The van der Waals surface area contributed by atoms with Gasteiger partial charge in [0, 0.05) is 23.6 Å². The molecule has 0 amide bonds. The third kappa shape index (κ3) is 2.21. The average Bonchev–Trinajstić information content (AvgIpc) is 3.02. The van der Waals surface area contributed by atoms with Crippen LogP contribution in [-0.4, -0.2) is 22.5 Å². The standard InChI is InChI=1S/C12H14N2O2S/c15-12-6-11(9-3-5-17-8-9)13-14(12)7-10-2-1-4-16-10/h3,5-6,8,10,13H,1-2,4,7H2/t10-/m1/s1. The van der Waals surface area contributed by atoms with Crippen molar-refractivity contribution in [3.63, 3.8) is 0 Å². The summed E-state index contributed by atoms with van der Waals surface area (Å²) in [6.45, 7) is 1.44. The van der Waals surface area contributed by atoms with Crippen molar-refractivity contribution in [3.8, 4) is 11.3 Å².